The Morgan fingerprint density at radius 1 is 1.53 bits per heavy atom. The summed E-state index contributed by atoms with van der Waals surface area (Å²) >= 11 is 0. The molecule has 0 atom stereocenters. The molecule has 2 N–H and O–H groups in total. The molecule has 0 fully saturated rings. The SMILES string of the molecule is C=C(C)CNC(=O)Nc1ccc([N+](=O)[O-])cc1OC. The second kappa shape index (κ2) is 6.39. The predicted molar refractivity (Wildman–Crippen MR) is 71.5 cm³/mol. The van der Waals surface area contributed by atoms with Gasteiger partial charge in [-0.15, -0.1) is 0 Å². The lowest BCUT2D eigenvalue weighted by Crippen LogP contribution is -2.29. The zero-order valence-corrected chi connectivity index (χ0v) is 10.7. The molecular formula is C12H15N3O4. The highest BCUT2D eigenvalue weighted by atomic mass is 16.6. The van der Waals surface area contributed by atoms with Crippen molar-refractivity contribution in [2.24, 2.45) is 0 Å². The number of methoxy groups -OCH3 is 1. The van der Waals surface area contributed by atoms with Gasteiger partial charge in [0.05, 0.1) is 23.8 Å². The van der Waals surface area contributed by atoms with E-state index in [1.54, 1.807) is 6.92 Å². The normalized spacial score (nSPS) is 9.58. The largest absolute Gasteiger partial charge is 0.494 e. The van der Waals surface area contributed by atoms with Crippen LogP contribution in [0.25, 0.3) is 0 Å². The molecule has 1 aromatic carbocycles. The molecule has 0 aliphatic heterocycles. The van der Waals surface area contributed by atoms with Crippen molar-refractivity contribution < 1.29 is 14.5 Å². The fourth-order valence-corrected chi connectivity index (χ4v) is 1.29. The Labute approximate surface area is 110 Å². The molecular weight excluding hydrogens is 250 g/mol. The number of amides is 2. The molecule has 0 spiro atoms. The van der Waals surface area contributed by atoms with Crippen molar-refractivity contribution in [3.63, 3.8) is 0 Å². The molecule has 19 heavy (non-hydrogen) atoms. The summed E-state index contributed by atoms with van der Waals surface area (Å²) in [5.74, 6) is 0.222. The Morgan fingerprint density at radius 3 is 2.74 bits per heavy atom. The van der Waals surface area contributed by atoms with Crippen molar-refractivity contribution in [3.8, 4) is 5.75 Å². The highest BCUT2D eigenvalue weighted by Gasteiger charge is 2.12. The first kappa shape index (κ1) is 14.5. The Bertz CT molecular complexity index is 514. The Kier molecular flexibility index (Phi) is 4.87. The molecule has 0 saturated heterocycles. The van der Waals surface area contributed by atoms with Crippen LogP contribution < -0.4 is 15.4 Å². The van der Waals surface area contributed by atoms with Crippen molar-refractivity contribution in [1.29, 1.82) is 0 Å². The number of carbonyl (C=O) groups excluding carboxylic acids is 1. The minimum Gasteiger partial charge on any atom is -0.494 e. The number of anilines is 1. The number of nitro groups is 1. The number of nitro benzene ring substituents is 1. The quantitative estimate of drug-likeness (QED) is 0.485. The van der Waals surface area contributed by atoms with Gasteiger partial charge in [-0.25, -0.2) is 4.79 Å². The average Bonchev–Trinajstić information content (AvgIpc) is 2.36. The molecule has 7 nitrogen and oxygen atoms in total. The smallest absolute Gasteiger partial charge is 0.319 e. The Hall–Kier alpha value is -2.57. The van der Waals surface area contributed by atoms with Crippen LogP contribution in [0.5, 0.6) is 5.75 Å². The van der Waals surface area contributed by atoms with Gasteiger partial charge in [0.15, 0.2) is 0 Å². The summed E-state index contributed by atoms with van der Waals surface area (Å²) in [7, 11) is 1.37. The fourth-order valence-electron chi connectivity index (χ4n) is 1.29. The summed E-state index contributed by atoms with van der Waals surface area (Å²) in [5.41, 5.74) is 1.06. The molecule has 0 bridgehead atoms. The maximum Gasteiger partial charge on any atom is 0.319 e. The van der Waals surface area contributed by atoms with E-state index in [2.05, 4.69) is 17.2 Å². The number of hydrogen-bond donors (Lipinski definition) is 2. The van der Waals surface area contributed by atoms with Gasteiger partial charge in [0.25, 0.3) is 5.69 Å². The van der Waals surface area contributed by atoms with E-state index in [0.717, 1.165) is 5.57 Å². The predicted octanol–water partition coefficient (Wildman–Crippen LogP) is 2.30. The van der Waals surface area contributed by atoms with E-state index in [0.29, 0.717) is 12.2 Å². The molecule has 0 unspecified atom stereocenters. The van der Waals surface area contributed by atoms with Crippen molar-refractivity contribution >= 4 is 17.4 Å². The van der Waals surface area contributed by atoms with Gasteiger partial charge in [0.2, 0.25) is 0 Å². The number of urea groups is 1. The second-order valence-electron chi connectivity index (χ2n) is 3.91. The number of rotatable bonds is 5. The van der Waals surface area contributed by atoms with Gasteiger partial charge in [-0.2, -0.15) is 0 Å². The zero-order valence-electron chi connectivity index (χ0n) is 10.7. The summed E-state index contributed by atoms with van der Waals surface area (Å²) < 4.78 is 5.00. The molecule has 102 valence electrons. The van der Waals surface area contributed by atoms with E-state index in [1.165, 1.54) is 25.3 Å². The third-order valence-electron chi connectivity index (χ3n) is 2.19. The maximum atomic E-state index is 11.6. The summed E-state index contributed by atoms with van der Waals surface area (Å²) in [4.78, 5) is 21.6. The van der Waals surface area contributed by atoms with Crippen LogP contribution in [0.4, 0.5) is 16.2 Å². The zero-order chi connectivity index (χ0) is 14.4. The van der Waals surface area contributed by atoms with Gasteiger partial charge >= 0.3 is 6.03 Å². The van der Waals surface area contributed by atoms with Gasteiger partial charge in [0, 0.05) is 12.6 Å². The van der Waals surface area contributed by atoms with E-state index in [4.69, 9.17) is 4.74 Å². The summed E-state index contributed by atoms with van der Waals surface area (Å²) in [5, 5.41) is 15.7. The van der Waals surface area contributed by atoms with Crippen LogP contribution in [0.3, 0.4) is 0 Å². The lowest BCUT2D eigenvalue weighted by Gasteiger charge is -2.10. The van der Waals surface area contributed by atoms with Gasteiger partial charge < -0.3 is 15.4 Å². The molecule has 0 aliphatic rings. The molecule has 0 radical (unpaired) electrons. The standard InChI is InChI=1S/C12H15N3O4/c1-8(2)7-13-12(16)14-10-5-4-9(15(17)18)6-11(10)19-3/h4-6H,1,7H2,2-3H3,(H2,13,14,16). The lowest BCUT2D eigenvalue weighted by atomic mass is 10.2. The molecule has 0 heterocycles. The number of non-ortho nitro benzene ring substituents is 1. The first-order valence-corrected chi connectivity index (χ1v) is 5.45. The molecule has 0 aromatic heterocycles. The van der Waals surface area contributed by atoms with Gasteiger partial charge in [-0.1, -0.05) is 12.2 Å². The third-order valence-corrected chi connectivity index (χ3v) is 2.19. The lowest BCUT2D eigenvalue weighted by molar-refractivity contribution is -0.384. The minimum atomic E-state index is -0.534. The monoisotopic (exact) mass is 265 g/mol. The van der Waals surface area contributed by atoms with Crippen molar-refractivity contribution in [2.45, 2.75) is 6.92 Å². The van der Waals surface area contributed by atoms with Crippen LogP contribution >= 0.6 is 0 Å². The van der Waals surface area contributed by atoms with E-state index in [1.807, 2.05) is 0 Å². The van der Waals surface area contributed by atoms with Crippen molar-refractivity contribution in [2.75, 3.05) is 19.0 Å². The van der Waals surface area contributed by atoms with E-state index in [-0.39, 0.29) is 11.4 Å². The van der Waals surface area contributed by atoms with E-state index < -0.39 is 11.0 Å². The van der Waals surface area contributed by atoms with Crippen LogP contribution in [-0.2, 0) is 0 Å². The summed E-state index contributed by atoms with van der Waals surface area (Å²) in [6, 6.07) is 3.51. The molecule has 1 aromatic rings. The van der Waals surface area contributed by atoms with Crippen molar-refractivity contribution in [3.05, 3.63) is 40.5 Å². The molecule has 0 aliphatic carbocycles. The number of ether oxygens (including phenoxy) is 1. The van der Waals surface area contributed by atoms with Crippen LogP contribution in [-0.4, -0.2) is 24.6 Å². The van der Waals surface area contributed by atoms with Gasteiger partial charge in [0.1, 0.15) is 5.75 Å². The first-order valence-electron chi connectivity index (χ1n) is 5.45. The topological polar surface area (TPSA) is 93.5 Å². The molecule has 0 saturated carbocycles. The number of nitrogens with zero attached hydrogens (tertiary/aromatic N) is 1. The number of carbonyl (C=O) groups is 1. The molecule has 1 rings (SSSR count). The van der Waals surface area contributed by atoms with Crippen LogP contribution in [0.15, 0.2) is 30.4 Å². The van der Waals surface area contributed by atoms with Crippen LogP contribution in [0.1, 0.15) is 6.92 Å². The highest BCUT2D eigenvalue weighted by molar-refractivity contribution is 5.91. The number of nitrogens with one attached hydrogen (secondary N) is 2. The second-order valence-corrected chi connectivity index (χ2v) is 3.91. The van der Waals surface area contributed by atoms with Gasteiger partial charge in [-0.05, 0) is 13.0 Å². The minimum absolute atomic E-state index is 0.107. The summed E-state index contributed by atoms with van der Waals surface area (Å²) in [6.07, 6.45) is 0. The number of benzene rings is 1. The maximum absolute atomic E-state index is 11.6. The van der Waals surface area contributed by atoms with Crippen molar-refractivity contribution in [1.82, 2.24) is 5.32 Å². The Balaban J connectivity index is 2.80. The van der Waals surface area contributed by atoms with Crippen LogP contribution in [0, 0.1) is 10.1 Å². The number of hydrogen-bond acceptors (Lipinski definition) is 4. The van der Waals surface area contributed by atoms with Gasteiger partial charge in [-0.3, -0.25) is 10.1 Å². The van der Waals surface area contributed by atoms with E-state index >= 15 is 0 Å². The molecule has 2 amide bonds. The molecule has 7 heteroatoms. The Morgan fingerprint density at radius 2 is 2.21 bits per heavy atom. The highest BCUT2D eigenvalue weighted by Crippen LogP contribution is 2.28. The van der Waals surface area contributed by atoms with Crippen LogP contribution in [0.2, 0.25) is 0 Å². The fraction of sp³-hybridized carbons (Fsp3) is 0.250. The van der Waals surface area contributed by atoms with E-state index in [9.17, 15) is 14.9 Å². The third kappa shape index (κ3) is 4.30. The first-order chi connectivity index (χ1) is 8.93. The average molecular weight is 265 g/mol. The summed E-state index contributed by atoms with van der Waals surface area (Å²) in [6.45, 7) is 5.79.